The van der Waals surface area contributed by atoms with E-state index in [0.717, 1.165) is 55.5 Å². The number of imidazole rings is 1. The molecule has 32 heavy (non-hydrogen) atoms. The first kappa shape index (κ1) is 20.7. The normalized spacial score (nSPS) is 15.8. The Balaban J connectivity index is 1.11. The third kappa shape index (κ3) is 4.53. The summed E-state index contributed by atoms with van der Waals surface area (Å²) in [5.41, 5.74) is 3.00. The number of carbonyl (C=O) groups excluding carboxylic acids is 1. The first-order valence-corrected chi connectivity index (χ1v) is 11.6. The van der Waals surface area contributed by atoms with Gasteiger partial charge in [0.1, 0.15) is 0 Å². The van der Waals surface area contributed by atoms with Crippen LogP contribution in [-0.2, 0) is 11.3 Å². The summed E-state index contributed by atoms with van der Waals surface area (Å²) >= 11 is 1.38. The van der Waals surface area contributed by atoms with Crippen LogP contribution in [-0.4, -0.2) is 64.1 Å². The van der Waals surface area contributed by atoms with Crippen molar-refractivity contribution in [3.8, 4) is 22.8 Å². The Morgan fingerprint density at radius 2 is 1.81 bits per heavy atom. The minimum Gasteiger partial charge on any atom is -0.454 e. The number of nitrogens with two attached hydrogens (primary N) is 1. The number of piperazine rings is 1. The van der Waals surface area contributed by atoms with Crippen LogP contribution in [0.2, 0.25) is 0 Å². The van der Waals surface area contributed by atoms with E-state index in [-0.39, 0.29) is 12.7 Å². The molecule has 3 heterocycles. The fourth-order valence-corrected chi connectivity index (χ4v) is 4.70. The monoisotopic (exact) mass is 451 g/mol. The first-order valence-electron chi connectivity index (χ1n) is 10.6. The van der Waals surface area contributed by atoms with Crippen molar-refractivity contribution in [3.05, 3.63) is 60.3 Å². The average molecular weight is 452 g/mol. The predicted octanol–water partition coefficient (Wildman–Crippen LogP) is 2.43. The van der Waals surface area contributed by atoms with E-state index in [1.54, 1.807) is 6.20 Å². The van der Waals surface area contributed by atoms with Gasteiger partial charge in [0.15, 0.2) is 16.7 Å². The summed E-state index contributed by atoms with van der Waals surface area (Å²) in [6.45, 7) is 4.24. The Morgan fingerprint density at radius 1 is 1.03 bits per heavy atom. The number of benzene rings is 2. The van der Waals surface area contributed by atoms with Gasteiger partial charge in [-0.2, -0.15) is 0 Å². The second-order valence-electron chi connectivity index (χ2n) is 7.82. The van der Waals surface area contributed by atoms with Gasteiger partial charge in [0.25, 0.3) is 0 Å². The van der Waals surface area contributed by atoms with Crippen molar-refractivity contribution in [1.29, 1.82) is 0 Å². The molecule has 0 atom stereocenters. The molecule has 1 aromatic heterocycles. The van der Waals surface area contributed by atoms with Gasteiger partial charge in [-0.1, -0.05) is 48.2 Å². The minimum atomic E-state index is 0.113. The molecule has 2 aliphatic rings. The fraction of sp³-hybridized carbons (Fsp3) is 0.304. The maximum absolute atomic E-state index is 12.7. The van der Waals surface area contributed by atoms with Crippen molar-refractivity contribution < 1.29 is 14.3 Å². The summed E-state index contributed by atoms with van der Waals surface area (Å²) < 4.78 is 12.3. The van der Waals surface area contributed by atoms with Gasteiger partial charge in [-0.05, 0) is 17.7 Å². The molecule has 1 saturated heterocycles. The van der Waals surface area contributed by atoms with Crippen molar-refractivity contribution >= 4 is 17.7 Å². The topological polar surface area (TPSA) is 85.9 Å². The molecular weight excluding hydrogens is 426 g/mol. The Hall–Kier alpha value is -3.17. The van der Waals surface area contributed by atoms with E-state index in [1.807, 2.05) is 47.4 Å². The van der Waals surface area contributed by atoms with Crippen LogP contribution in [0, 0.1) is 0 Å². The molecule has 2 aromatic carbocycles. The minimum absolute atomic E-state index is 0.113. The predicted molar refractivity (Wildman–Crippen MR) is 123 cm³/mol. The molecular formula is C23H25N5O3S. The summed E-state index contributed by atoms with van der Waals surface area (Å²) in [5, 5.41) is 0.638. The van der Waals surface area contributed by atoms with Crippen molar-refractivity contribution in [3.63, 3.8) is 0 Å². The van der Waals surface area contributed by atoms with Gasteiger partial charge in [-0.25, -0.2) is 9.66 Å². The Morgan fingerprint density at radius 3 is 2.62 bits per heavy atom. The Labute approximate surface area is 190 Å². The second-order valence-corrected chi connectivity index (χ2v) is 8.76. The van der Waals surface area contributed by atoms with Crippen LogP contribution in [0.1, 0.15) is 5.56 Å². The lowest BCUT2D eigenvalue weighted by Crippen LogP contribution is -2.48. The molecule has 8 nitrogen and oxygen atoms in total. The van der Waals surface area contributed by atoms with Crippen LogP contribution in [0.15, 0.2) is 59.9 Å². The van der Waals surface area contributed by atoms with Crippen LogP contribution in [0.3, 0.4) is 0 Å². The van der Waals surface area contributed by atoms with E-state index in [4.69, 9.17) is 15.3 Å². The number of hydrogen-bond acceptors (Lipinski definition) is 7. The lowest BCUT2D eigenvalue weighted by atomic mass is 10.1. The SMILES string of the molecule is Nn1cc(-c2ccccc2)nc1SCC(=O)N1CCN(Cc2ccc3c(c2)OCO3)CC1. The third-order valence-corrected chi connectivity index (χ3v) is 6.61. The highest BCUT2D eigenvalue weighted by atomic mass is 32.2. The standard InChI is InChI=1S/C23H25N5O3S/c24-28-14-19(18-4-2-1-3-5-18)25-23(28)32-15-22(29)27-10-8-26(9-11-27)13-17-6-7-20-21(12-17)31-16-30-20/h1-7,12,14H,8-11,13,15-16,24H2. The zero-order chi connectivity index (χ0) is 21.9. The van der Waals surface area contributed by atoms with Gasteiger partial charge in [0.2, 0.25) is 12.7 Å². The maximum Gasteiger partial charge on any atom is 0.233 e. The highest BCUT2D eigenvalue weighted by molar-refractivity contribution is 7.99. The molecule has 0 radical (unpaired) electrons. The molecule has 0 bridgehead atoms. The molecule has 5 rings (SSSR count). The molecule has 2 aliphatic heterocycles. The van der Waals surface area contributed by atoms with Crippen LogP contribution in [0.4, 0.5) is 0 Å². The Kier molecular flexibility index (Phi) is 5.91. The quantitative estimate of drug-likeness (QED) is 0.455. The lowest BCUT2D eigenvalue weighted by molar-refractivity contribution is -0.130. The summed E-state index contributed by atoms with van der Waals surface area (Å²) in [6.07, 6.45) is 1.79. The molecule has 1 fully saturated rings. The largest absolute Gasteiger partial charge is 0.454 e. The number of fused-ring (bicyclic) bond motifs is 1. The lowest BCUT2D eigenvalue weighted by Gasteiger charge is -2.34. The van der Waals surface area contributed by atoms with E-state index in [0.29, 0.717) is 10.9 Å². The van der Waals surface area contributed by atoms with Gasteiger partial charge >= 0.3 is 0 Å². The van der Waals surface area contributed by atoms with E-state index >= 15 is 0 Å². The molecule has 1 amide bonds. The second kappa shape index (κ2) is 9.13. The van der Waals surface area contributed by atoms with E-state index < -0.39 is 0 Å². The number of nitrogen functional groups attached to an aromatic ring is 1. The first-order chi connectivity index (χ1) is 15.7. The molecule has 9 heteroatoms. The molecule has 2 N–H and O–H groups in total. The van der Waals surface area contributed by atoms with E-state index in [2.05, 4.69) is 16.0 Å². The number of thioether (sulfide) groups is 1. The van der Waals surface area contributed by atoms with Gasteiger partial charge in [0.05, 0.1) is 17.6 Å². The number of amides is 1. The highest BCUT2D eigenvalue weighted by Gasteiger charge is 2.22. The molecule has 0 unspecified atom stereocenters. The maximum atomic E-state index is 12.7. The van der Waals surface area contributed by atoms with Crippen molar-refractivity contribution in [2.75, 3.05) is 44.6 Å². The summed E-state index contributed by atoms with van der Waals surface area (Å²) in [5.74, 6) is 8.10. The molecule has 0 spiro atoms. The van der Waals surface area contributed by atoms with Crippen LogP contribution >= 0.6 is 11.8 Å². The number of hydrogen-bond donors (Lipinski definition) is 1. The van der Waals surface area contributed by atoms with E-state index in [9.17, 15) is 4.79 Å². The van der Waals surface area contributed by atoms with Gasteiger partial charge in [-0.15, -0.1) is 0 Å². The number of nitrogens with zero attached hydrogens (tertiary/aromatic N) is 4. The Bertz CT molecular complexity index is 1100. The smallest absolute Gasteiger partial charge is 0.233 e. The van der Waals surface area contributed by atoms with Crippen LogP contribution < -0.4 is 15.3 Å². The van der Waals surface area contributed by atoms with Gasteiger partial charge < -0.3 is 20.2 Å². The van der Waals surface area contributed by atoms with Crippen molar-refractivity contribution in [1.82, 2.24) is 19.5 Å². The van der Waals surface area contributed by atoms with Gasteiger partial charge in [-0.3, -0.25) is 9.69 Å². The highest BCUT2D eigenvalue weighted by Crippen LogP contribution is 2.33. The fourth-order valence-electron chi connectivity index (χ4n) is 3.90. The summed E-state index contributed by atoms with van der Waals surface area (Å²) in [4.78, 5) is 21.6. The molecule has 0 aliphatic carbocycles. The molecule has 0 saturated carbocycles. The number of rotatable bonds is 6. The number of aromatic nitrogens is 2. The van der Waals surface area contributed by atoms with E-state index in [1.165, 1.54) is 22.0 Å². The third-order valence-electron chi connectivity index (χ3n) is 5.66. The average Bonchev–Trinajstić information content (AvgIpc) is 3.44. The molecule has 3 aromatic rings. The number of ether oxygens (including phenoxy) is 2. The molecule has 166 valence electrons. The number of carbonyl (C=O) groups is 1. The van der Waals surface area contributed by atoms with Crippen molar-refractivity contribution in [2.45, 2.75) is 11.7 Å². The summed E-state index contributed by atoms with van der Waals surface area (Å²) in [7, 11) is 0. The van der Waals surface area contributed by atoms with Gasteiger partial charge in [0, 0.05) is 38.3 Å². The van der Waals surface area contributed by atoms with Crippen LogP contribution in [0.5, 0.6) is 11.5 Å². The summed E-state index contributed by atoms with van der Waals surface area (Å²) in [6, 6.07) is 15.9. The zero-order valence-electron chi connectivity index (χ0n) is 17.6. The zero-order valence-corrected chi connectivity index (χ0v) is 18.5. The van der Waals surface area contributed by atoms with Crippen molar-refractivity contribution in [2.24, 2.45) is 0 Å². The van der Waals surface area contributed by atoms with Crippen LogP contribution in [0.25, 0.3) is 11.3 Å².